The number of pyridine rings is 2. The van der Waals surface area contributed by atoms with Gasteiger partial charge in [0.1, 0.15) is 0 Å². The summed E-state index contributed by atoms with van der Waals surface area (Å²) >= 11 is 0. The number of sulfonamides is 1. The van der Waals surface area contributed by atoms with Crippen LogP contribution < -0.4 is 4.72 Å². The Morgan fingerprint density at radius 1 is 1.16 bits per heavy atom. The Bertz CT molecular complexity index is 935. The lowest BCUT2D eigenvalue weighted by Crippen LogP contribution is -2.23. The fraction of sp³-hybridized carbons (Fsp3) is 0.235. The lowest BCUT2D eigenvalue weighted by atomic mass is 10.1. The summed E-state index contributed by atoms with van der Waals surface area (Å²) in [7, 11) is -3.65. The number of hydrogen-bond acceptors (Lipinski definition) is 5. The number of rotatable bonds is 6. The van der Waals surface area contributed by atoms with E-state index in [9.17, 15) is 8.42 Å². The molecule has 0 spiro atoms. The Kier molecular flexibility index (Phi) is 4.91. The molecule has 3 heterocycles. The Hall–Kier alpha value is -2.58. The molecule has 0 aliphatic heterocycles. The molecule has 0 saturated heterocycles. The molecule has 0 saturated carbocycles. The van der Waals surface area contributed by atoms with E-state index in [-0.39, 0.29) is 17.6 Å². The fourth-order valence-corrected chi connectivity index (χ4v) is 3.16. The molecule has 8 heteroatoms. The predicted octanol–water partition coefficient (Wildman–Crippen LogP) is 2.40. The van der Waals surface area contributed by atoms with Crippen LogP contribution in [0.5, 0.6) is 0 Å². The maximum Gasteiger partial charge on any atom is 0.259 e. The van der Waals surface area contributed by atoms with Crippen LogP contribution in [0.1, 0.15) is 25.5 Å². The molecule has 130 valence electrons. The molecule has 0 atom stereocenters. The topological polar surface area (TPSA) is 89.8 Å². The van der Waals surface area contributed by atoms with Crippen LogP contribution in [-0.4, -0.2) is 27.9 Å². The lowest BCUT2D eigenvalue weighted by Gasteiger charge is -2.06. The van der Waals surface area contributed by atoms with Gasteiger partial charge in [-0.2, -0.15) is 0 Å². The average molecular weight is 357 g/mol. The van der Waals surface area contributed by atoms with Crippen molar-refractivity contribution >= 4 is 10.0 Å². The van der Waals surface area contributed by atoms with Gasteiger partial charge in [0.05, 0.1) is 12.0 Å². The van der Waals surface area contributed by atoms with Crippen LogP contribution in [0.3, 0.4) is 0 Å². The average Bonchev–Trinajstić information content (AvgIpc) is 3.13. The summed E-state index contributed by atoms with van der Waals surface area (Å²) in [6, 6.07) is 7.59. The second-order valence-corrected chi connectivity index (χ2v) is 7.58. The van der Waals surface area contributed by atoms with Crippen LogP contribution in [0.4, 0.5) is 0 Å². The quantitative estimate of drug-likeness (QED) is 0.732. The highest BCUT2D eigenvalue weighted by Gasteiger charge is 2.17. The first-order chi connectivity index (χ1) is 12.0. The standard InChI is InChI=1S/C17H19N5O2S/c1-13(2)22-11-17(20-12-22)25(23,24)21-9-14-5-6-16(19-8-14)15-4-3-7-18-10-15/h3-8,10-13,21H,9H2,1-2H3. The molecule has 3 rings (SSSR count). The van der Waals surface area contributed by atoms with Crippen molar-refractivity contribution in [3.8, 4) is 11.3 Å². The summed E-state index contributed by atoms with van der Waals surface area (Å²) in [5.41, 5.74) is 2.46. The lowest BCUT2D eigenvalue weighted by molar-refractivity contribution is 0.576. The van der Waals surface area contributed by atoms with E-state index in [0.29, 0.717) is 0 Å². The van der Waals surface area contributed by atoms with Gasteiger partial charge in [-0.1, -0.05) is 6.07 Å². The van der Waals surface area contributed by atoms with Crippen molar-refractivity contribution in [3.63, 3.8) is 0 Å². The molecule has 0 aromatic carbocycles. The summed E-state index contributed by atoms with van der Waals surface area (Å²) in [6.07, 6.45) is 8.13. The normalized spacial score (nSPS) is 11.8. The molecule has 0 amide bonds. The predicted molar refractivity (Wildman–Crippen MR) is 94.1 cm³/mol. The van der Waals surface area contributed by atoms with Crippen molar-refractivity contribution in [2.45, 2.75) is 31.5 Å². The van der Waals surface area contributed by atoms with Crippen molar-refractivity contribution in [2.75, 3.05) is 0 Å². The third-order valence-electron chi connectivity index (χ3n) is 3.70. The Labute approximate surface area is 146 Å². The third kappa shape index (κ3) is 4.09. The maximum absolute atomic E-state index is 12.3. The third-order valence-corrected chi connectivity index (χ3v) is 4.98. The number of aromatic nitrogens is 4. The van der Waals surface area contributed by atoms with Gasteiger partial charge >= 0.3 is 0 Å². The molecule has 1 N–H and O–H groups in total. The van der Waals surface area contributed by atoms with E-state index < -0.39 is 10.0 Å². The first-order valence-electron chi connectivity index (χ1n) is 7.84. The summed E-state index contributed by atoms with van der Waals surface area (Å²) in [6.45, 7) is 4.07. The maximum atomic E-state index is 12.3. The van der Waals surface area contributed by atoms with Crippen molar-refractivity contribution in [2.24, 2.45) is 0 Å². The first-order valence-corrected chi connectivity index (χ1v) is 9.32. The molecule has 3 aromatic rings. The van der Waals surface area contributed by atoms with E-state index >= 15 is 0 Å². The monoisotopic (exact) mass is 357 g/mol. The number of nitrogens with zero attached hydrogens (tertiary/aromatic N) is 4. The van der Waals surface area contributed by atoms with Crippen LogP contribution in [0.2, 0.25) is 0 Å². The van der Waals surface area contributed by atoms with E-state index in [4.69, 9.17) is 0 Å². The summed E-state index contributed by atoms with van der Waals surface area (Å²) in [5, 5.41) is 0.0149. The zero-order valence-electron chi connectivity index (χ0n) is 14.0. The minimum atomic E-state index is -3.65. The minimum absolute atomic E-state index is 0.0149. The Morgan fingerprint density at radius 3 is 2.60 bits per heavy atom. The van der Waals surface area contributed by atoms with Crippen LogP contribution >= 0.6 is 0 Å². The minimum Gasteiger partial charge on any atom is -0.334 e. The molecular formula is C17H19N5O2S. The highest BCUT2D eigenvalue weighted by atomic mass is 32.2. The van der Waals surface area contributed by atoms with Gasteiger partial charge in [-0.3, -0.25) is 9.97 Å². The van der Waals surface area contributed by atoms with E-state index in [1.54, 1.807) is 23.2 Å². The SMILES string of the molecule is CC(C)n1cnc(S(=O)(=O)NCc2ccc(-c3cccnc3)nc2)c1. The van der Waals surface area contributed by atoms with Gasteiger partial charge in [0.25, 0.3) is 10.0 Å². The smallest absolute Gasteiger partial charge is 0.259 e. The van der Waals surface area contributed by atoms with Gasteiger partial charge in [0, 0.05) is 42.9 Å². The molecule has 0 bridgehead atoms. The van der Waals surface area contributed by atoms with Crippen molar-refractivity contribution in [1.29, 1.82) is 0 Å². The zero-order chi connectivity index (χ0) is 17.9. The van der Waals surface area contributed by atoms with Crippen molar-refractivity contribution in [1.82, 2.24) is 24.2 Å². The largest absolute Gasteiger partial charge is 0.334 e. The van der Waals surface area contributed by atoms with Crippen LogP contribution in [0.25, 0.3) is 11.3 Å². The summed E-state index contributed by atoms with van der Waals surface area (Å²) in [5.74, 6) is 0. The molecule has 3 aromatic heterocycles. The molecule has 25 heavy (non-hydrogen) atoms. The molecule has 0 aliphatic rings. The first kappa shape index (κ1) is 17.2. The molecule has 0 unspecified atom stereocenters. The van der Waals surface area contributed by atoms with Gasteiger partial charge in [-0.15, -0.1) is 0 Å². The van der Waals surface area contributed by atoms with Gasteiger partial charge in [0.15, 0.2) is 5.03 Å². The van der Waals surface area contributed by atoms with Crippen LogP contribution in [0.15, 0.2) is 60.4 Å². The van der Waals surface area contributed by atoms with Gasteiger partial charge < -0.3 is 4.57 Å². The fourth-order valence-electron chi connectivity index (χ4n) is 2.21. The second kappa shape index (κ2) is 7.12. The van der Waals surface area contributed by atoms with E-state index in [0.717, 1.165) is 16.8 Å². The molecular weight excluding hydrogens is 338 g/mol. The zero-order valence-corrected chi connectivity index (χ0v) is 14.8. The Morgan fingerprint density at radius 2 is 2.00 bits per heavy atom. The van der Waals surface area contributed by atoms with E-state index in [1.807, 2.05) is 38.1 Å². The van der Waals surface area contributed by atoms with Crippen molar-refractivity contribution in [3.05, 3.63) is 60.9 Å². The number of nitrogens with one attached hydrogen (secondary N) is 1. The van der Waals surface area contributed by atoms with Crippen LogP contribution in [-0.2, 0) is 16.6 Å². The Balaban J connectivity index is 1.68. The highest BCUT2D eigenvalue weighted by Crippen LogP contribution is 2.15. The van der Waals surface area contributed by atoms with E-state index in [1.165, 1.54) is 12.5 Å². The second-order valence-electron chi connectivity index (χ2n) is 5.87. The van der Waals surface area contributed by atoms with Gasteiger partial charge in [-0.25, -0.2) is 18.1 Å². The highest BCUT2D eigenvalue weighted by molar-refractivity contribution is 7.89. The van der Waals surface area contributed by atoms with Crippen LogP contribution in [0, 0.1) is 0 Å². The van der Waals surface area contributed by atoms with E-state index in [2.05, 4.69) is 19.7 Å². The molecule has 7 nitrogen and oxygen atoms in total. The molecule has 0 fully saturated rings. The molecule has 0 aliphatic carbocycles. The summed E-state index contributed by atoms with van der Waals surface area (Å²) < 4.78 is 28.9. The van der Waals surface area contributed by atoms with Gasteiger partial charge in [0.2, 0.25) is 0 Å². The van der Waals surface area contributed by atoms with Gasteiger partial charge in [-0.05, 0) is 37.6 Å². The molecule has 0 radical (unpaired) electrons. The van der Waals surface area contributed by atoms with Crippen molar-refractivity contribution < 1.29 is 8.42 Å². The number of imidazole rings is 1. The number of hydrogen-bond donors (Lipinski definition) is 1. The summed E-state index contributed by atoms with van der Waals surface area (Å²) in [4.78, 5) is 12.4.